The Morgan fingerprint density at radius 1 is 1.62 bits per heavy atom. The monoisotopic (exact) mass is 202 g/mol. The molecule has 1 rings (SSSR count). The average molecular weight is 203 g/mol. The highest BCUT2D eigenvalue weighted by molar-refractivity contribution is 6.31. The second-order valence-electron chi connectivity index (χ2n) is 2.44. The molecule has 4 heteroatoms. The smallest absolute Gasteiger partial charge is 0.132 e. The molecule has 70 valence electrons. The SMILES string of the molecule is COc1cc(F)c(CC=O)c(Cl)c1. The van der Waals surface area contributed by atoms with Crippen molar-refractivity contribution in [3.05, 3.63) is 28.5 Å². The highest BCUT2D eigenvalue weighted by Crippen LogP contribution is 2.25. The molecule has 0 bridgehead atoms. The predicted octanol–water partition coefficient (Wildman–Crippen LogP) is 2.23. The molecule has 0 unspecified atom stereocenters. The van der Waals surface area contributed by atoms with E-state index in [1.807, 2.05) is 0 Å². The fourth-order valence-corrected chi connectivity index (χ4v) is 1.25. The van der Waals surface area contributed by atoms with Gasteiger partial charge in [0.1, 0.15) is 17.9 Å². The van der Waals surface area contributed by atoms with Gasteiger partial charge in [-0.15, -0.1) is 0 Å². The van der Waals surface area contributed by atoms with Crippen LogP contribution >= 0.6 is 11.6 Å². The maximum atomic E-state index is 13.2. The molecule has 1 aromatic rings. The lowest BCUT2D eigenvalue weighted by molar-refractivity contribution is -0.107. The van der Waals surface area contributed by atoms with E-state index in [1.54, 1.807) is 0 Å². The Bertz CT molecular complexity index is 302. The number of carbonyl (C=O) groups excluding carboxylic acids is 1. The topological polar surface area (TPSA) is 26.3 Å². The zero-order valence-corrected chi connectivity index (χ0v) is 7.77. The fourth-order valence-electron chi connectivity index (χ4n) is 0.976. The number of hydrogen-bond acceptors (Lipinski definition) is 2. The molecule has 0 spiro atoms. The molecule has 0 N–H and O–H groups in total. The van der Waals surface area contributed by atoms with Gasteiger partial charge in [-0.3, -0.25) is 0 Å². The normalized spacial score (nSPS) is 9.77. The van der Waals surface area contributed by atoms with Gasteiger partial charge in [0.25, 0.3) is 0 Å². The van der Waals surface area contributed by atoms with Crippen LogP contribution in [0.25, 0.3) is 0 Å². The van der Waals surface area contributed by atoms with Gasteiger partial charge in [-0.1, -0.05) is 11.6 Å². The lowest BCUT2D eigenvalue weighted by Crippen LogP contribution is -1.94. The molecule has 0 aliphatic heterocycles. The molecule has 0 saturated heterocycles. The van der Waals surface area contributed by atoms with E-state index in [0.717, 1.165) is 0 Å². The largest absolute Gasteiger partial charge is 0.497 e. The molecule has 13 heavy (non-hydrogen) atoms. The fraction of sp³-hybridized carbons (Fsp3) is 0.222. The van der Waals surface area contributed by atoms with Gasteiger partial charge >= 0.3 is 0 Å². The van der Waals surface area contributed by atoms with Gasteiger partial charge < -0.3 is 9.53 Å². The van der Waals surface area contributed by atoms with Crippen molar-refractivity contribution in [2.45, 2.75) is 6.42 Å². The van der Waals surface area contributed by atoms with Gasteiger partial charge in [0.05, 0.1) is 12.1 Å². The number of halogens is 2. The third-order valence-corrected chi connectivity index (χ3v) is 1.97. The van der Waals surface area contributed by atoms with Gasteiger partial charge in [0.2, 0.25) is 0 Å². The molecule has 0 fully saturated rings. The van der Waals surface area contributed by atoms with Crippen LogP contribution in [-0.2, 0) is 11.2 Å². The van der Waals surface area contributed by atoms with Crippen LogP contribution in [0.1, 0.15) is 5.56 Å². The highest BCUT2D eigenvalue weighted by atomic mass is 35.5. The van der Waals surface area contributed by atoms with Crippen LogP contribution in [0.2, 0.25) is 5.02 Å². The third kappa shape index (κ3) is 2.18. The van der Waals surface area contributed by atoms with E-state index >= 15 is 0 Å². The minimum atomic E-state index is -0.517. The molecule has 1 aromatic carbocycles. The number of rotatable bonds is 3. The molecule has 0 radical (unpaired) electrons. The van der Waals surface area contributed by atoms with Gasteiger partial charge in [0.15, 0.2) is 0 Å². The standard InChI is InChI=1S/C9H8ClFO2/c1-13-6-4-8(10)7(2-3-12)9(11)5-6/h3-5H,2H2,1H3. The molecular weight excluding hydrogens is 195 g/mol. The van der Waals surface area contributed by atoms with Crippen molar-refractivity contribution in [2.75, 3.05) is 7.11 Å². The van der Waals surface area contributed by atoms with Crippen molar-refractivity contribution in [1.29, 1.82) is 0 Å². The van der Waals surface area contributed by atoms with Crippen molar-refractivity contribution in [3.8, 4) is 5.75 Å². The summed E-state index contributed by atoms with van der Waals surface area (Å²) in [6.45, 7) is 0. The number of aldehydes is 1. The zero-order valence-electron chi connectivity index (χ0n) is 7.01. The molecule has 2 nitrogen and oxygen atoms in total. The molecule has 0 heterocycles. The van der Waals surface area contributed by atoms with Gasteiger partial charge in [0, 0.05) is 18.1 Å². The van der Waals surface area contributed by atoms with Crippen LogP contribution in [0.4, 0.5) is 4.39 Å². The summed E-state index contributed by atoms with van der Waals surface area (Å²) in [5.41, 5.74) is 0.206. The second kappa shape index (κ2) is 4.23. The Morgan fingerprint density at radius 2 is 2.31 bits per heavy atom. The van der Waals surface area contributed by atoms with Gasteiger partial charge in [-0.05, 0) is 6.07 Å². The Hall–Kier alpha value is -1.09. The van der Waals surface area contributed by atoms with Crippen LogP contribution in [0, 0.1) is 5.82 Å². The molecule has 0 amide bonds. The molecule has 0 atom stereocenters. The Labute approximate surface area is 80.3 Å². The number of methoxy groups -OCH3 is 1. The molecule has 0 aliphatic carbocycles. The summed E-state index contributed by atoms with van der Waals surface area (Å²) >= 11 is 5.71. The summed E-state index contributed by atoms with van der Waals surface area (Å²) in [5, 5.41) is 0.212. The Kier molecular flexibility index (Phi) is 3.25. The minimum Gasteiger partial charge on any atom is -0.497 e. The first-order chi connectivity index (χ1) is 6.19. The van der Waals surface area contributed by atoms with Crippen molar-refractivity contribution < 1.29 is 13.9 Å². The van der Waals surface area contributed by atoms with E-state index < -0.39 is 5.82 Å². The average Bonchev–Trinajstić information content (AvgIpc) is 2.11. The van der Waals surface area contributed by atoms with Crippen molar-refractivity contribution in [3.63, 3.8) is 0 Å². The molecule has 0 aliphatic rings. The maximum Gasteiger partial charge on any atom is 0.132 e. The van der Waals surface area contributed by atoms with E-state index in [4.69, 9.17) is 16.3 Å². The predicted molar refractivity (Wildman–Crippen MR) is 47.7 cm³/mol. The summed E-state index contributed by atoms with van der Waals surface area (Å²) in [7, 11) is 1.42. The van der Waals surface area contributed by atoms with E-state index in [-0.39, 0.29) is 17.0 Å². The van der Waals surface area contributed by atoms with Crippen LogP contribution in [-0.4, -0.2) is 13.4 Å². The summed E-state index contributed by atoms with van der Waals surface area (Å²) in [4.78, 5) is 10.2. The quantitative estimate of drug-likeness (QED) is 0.703. The molecule has 0 saturated carbocycles. The Balaban J connectivity index is 3.14. The highest BCUT2D eigenvalue weighted by Gasteiger charge is 2.08. The van der Waals surface area contributed by atoms with E-state index in [0.29, 0.717) is 12.0 Å². The molecular formula is C9H8ClFO2. The lowest BCUT2D eigenvalue weighted by atomic mass is 10.1. The van der Waals surface area contributed by atoms with Crippen molar-refractivity contribution >= 4 is 17.9 Å². The summed E-state index contributed by atoms with van der Waals surface area (Å²) in [6.07, 6.45) is 0.589. The van der Waals surface area contributed by atoms with Crippen LogP contribution in [0.3, 0.4) is 0 Å². The van der Waals surface area contributed by atoms with Crippen LogP contribution in [0.5, 0.6) is 5.75 Å². The van der Waals surface area contributed by atoms with Crippen molar-refractivity contribution in [1.82, 2.24) is 0 Å². The summed E-state index contributed by atoms with van der Waals surface area (Å²) in [5.74, 6) is -0.173. The zero-order chi connectivity index (χ0) is 9.84. The van der Waals surface area contributed by atoms with Gasteiger partial charge in [-0.2, -0.15) is 0 Å². The molecule has 0 aromatic heterocycles. The second-order valence-corrected chi connectivity index (χ2v) is 2.85. The van der Waals surface area contributed by atoms with Gasteiger partial charge in [-0.25, -0.2) is 4.39 Å². The van der Waals surface area contributed by atoms with Crippen molar-refractivity contribution in [2.24, 2.45) is 0 Å². The number of hydrogen-bond donors (Lipinski definition) is 0. The first-order valence-corrected chi connectivity index (χ1v) is 4.02. The van der Waals surface area contributed by atoms with E-state index in [9.17, 15) is 9.18 Å². The lowest BCUT2D eigenvalue weighted by Gasteiger charge is -2.05. The first kappa shape index (κ1) is 9.99. The van der Waals surface area contributed by atoms with Crippen LogP contribution < -0.4 is 4.74 Å². The minimum absolute atomic E-state index is 0.0192. The van der Waals surface area contributed by atoms with E-state index in [1.165, 1.54) is 19.2 Å². The Morgan fingerprint density at radius 3 is 2.77 bits per heavy atom. The number of benzene rings is 1. The van der Waals surface area contributed by atoms with Crippen LogP contribution in [0.15, 0.2) is 12.1 Å². The summed E-state index contributed by atoms with van der Waals surface area (Å²) in [6, 6.07) is 2.67. The third-order valence-electron chi connectivity index (χ3n) is 1.64. The number of ether oxygens (including phenoxy) is 1. The summed E-state index contributed by atoms with van der Waals surface area (Å²) < 4.78 is 18.0. The number of carbonyl (C=O) groups is 1. The first-order valence-electron chi connectivity index (χ1n) is 3.64. The van der Waals surface area contributed by atoms with E-state index in [2.05, 4.69) is 0 Å². The maximum absolute atomic E-state index is 13.2.